The first kappa shape index (κ1) is 11.4. The minimum absolute atomic E-state index is 0.189. The summed E-state index contributed by atoms with van der Waals surface area (Å²) in [5.74, 6) is 0.265. The molecule has 0 spiro atoms. The van der Waals surface area contributed by atoms with Gasteiger partial charge in [0.05, 0.1) is 0 Å². The minimum atomic E-state index is -0.189. The van der Waals surface area contributed by atoms with Gasteiger partial charge in [-0.05, 0) is 19.3 Å². The van der Waals surface area contributed by atoms with E-state index in [1.165, 1.54) is 12.8 Å². The molecule has 1 fully saturated rings. The average Bonchev–Trinajstić information content (AvgIpc) is 2.51. The van der Waals surface area contributed by atoms with Crippen molar-refractivity contribution in [2.75, 3.05) is 0 Å². The lowest BCUT2D eigenvalue weighted by Crippen LogP contribution is -2.38. The van der Waals surface area contributed by atoms with Crippen molar-refractivity contribution in [1.82, 2.24) is 0 Å². The number of carbonyl (C=O) groups excluding carboxylic acids is 1. The highest BCUT2D eigenvalue weighted by Crippen LogP contribution is 2.30. The number of hydrogen-bond acceptors (Lipinski definition) is 2. The third kappa shape index (κ3) is 3.26. The van der Waals surface area contributed by atoms with E-state index in [4.69, 9.17) is 5.73 Å². The number of Topliss-reactive ketones (excluding diaryl/α,β-unsaturated/α-hetero) is 1. The number of carbonyl (C=O) groups is 1. The molecule has 0 aromatic rings. The van der Waals surface area contributed by atoms with Gasteiger partial charge < -0.3 is 5.73 Å². The smallest absolute Gasteiger partial charge is 0.138 e. The van der Waals surface area contributed by atoms with Crippen molar-refractivity contribution in [1.29, 1.82) is 0 Å². The van der Waals surface area contributed by atoms with Crippen LogP contribution in [0.3, 0.4) is 0 Å². The topological polar surface area (TPSA) is 43.1 Å². The van der Waals surface area contributed by atoms with Gasteiger partial charge in [-0.3, -0.25) is 4.79 Å². The summed E-state index contributed by atoms with van der Waals surface area (Å²) in [4.78, 5) is 11.6. The predicted molar refractivity (Wildman–Crippen MR) is 59.1 cm³/mol. The Labute approximate surface area is 86.6 Å². The van der Waals surface area contributed by atoms with Crippen LogP contribution in [-0.4, -0.2) is 11.3 Å². The van der Waals surface area contributed by atoms with Crippen LogP contribution in [0, 0.1) is 0 Å². The molecule has 0 saturated heterocycles. The van der Waals surface area contributed by atoms with Gasteiger partial charge in [0.1, 0.15) is 5.78 Å². The first-order valence-electron chi connectivity index (χ1n) is 5.53. The van der Waals surface area contributed by atoms with Gasteiger partial charge >= 0.3 is 0 Å². The standard InChI is InChI=1S/C12H21NO/c1-3-10(2)8-11(14)9-12(13)6-4-5-7-12/h2-9,13H2,1H3. The third-order valence-corrected chi connectivity index (χ3v) is 3.10. The van der Waals surface area contributed by atoms with Crippen molar-refractivity contribution in [2.24, 2.45) is 5.73 Å². The van der Waals surface area contributed by atoms with Crippen molar-refractivity contribution < 1.29 is 4.79 Å². The summed E-state index contributed by atoms with van der Waals surface area (Å²) in [6.45, 7) is 5.88. The zero-order valence-electron chi connectivity index (χ0n) is 9.14. The van der Waals surface area contributed by atoms with Gasteiger partial charge in [0.2, 0.25) is 0 Å². The Hall–Kier alpha value is -0.630. The van der Waals surface area contributed by atoms with Gasteiger partial charge in [0.25, 0.3) is 0 Å². The molecular formula is C12H21NO. The largest absolute Gasteiger partial charge is 0.325 e. The molecule has 0 radical (unpaired) electrons. The molecule has 80 valence electrons. The lowest BCUT2D eigenvalue weighted by molar-refractivity contribution is -0.119. The Morgan fingerprint density at radius 3 is 2.50 bits per heavy atom. The fourth-order valence-electron chi connectivity index (χ4n) is 2.11. The Morgan fingerprint density at radius 2 is 2.00 bits per heavy atom. The van der Waals surface area contributed by atoms with Gasteiger partial charge in [0, 0.05) is 18.4 Å². The first-order valence-corrected chi connectivity index (χ1v) is 5.53. The van der Waals surface area contributed by atoms with E-state index in [1.807, 2.05) is 6.92 Å². The molecule has 0 unspecified atom stereocenters. The molecule has 0 heterocycles. The van der Waals surface area contributed by atoms with Crippen LogP contribution in [0.25, 0.3) is 0 Å². The highest BCUT2D eigenvalue weighted by Gasteiger charge is 2.31. The fraction of sp³-hybridized carbons (Fsp3) is 0.750. The quantitative estimate of drug-likeness (QED) is 0.685. The number of ketones is 1. The highest BCUT2D eigenvalue weighted by molar-refractivity contribution is 5.81. The van der Waals surface area contributed by atoms with Crippen LogP contribution in [0.5, 0.6) is 0 Å². The van der Waals surface area contributed by atoms with E-state index in [9.17, 15) is 4.79 Å². The van der Waals surface area contributed by atoms with Crippen molar-refractivity contribution in [3.63, 3.8) is 0 Å². The normalized spacial score (nSPS) is 19.6. The Morgan fingerprint density at radius 1 is 1.43 bits per heavy atom. The van der Waals surface area contributed by atoms with Crippen LogP contribution in [0.2, 0.25) is 0 Å². The Kier molecular flexibility index (Phi) is 3.87. The molecule has 1 saturated carbocycles. The van der Waals surface area contributed by atoms with Gasteiger partial charge in [0.15, 0.2) is 0 Å². The van der Waals surface area contributed by atoms with E-state index in [2.05, 4.69) is 6.58 Å². The number of allylic oxidation sites excluding steroid dienone is 1. The molecule has 14 heavy (non-hydrogen) atoms. The second kappa shape index (κ2) is 4.74. The summed E-state index contributed by atoms with van der Waals surface area (Å²) < 4.78 is 0. The maximum Gasteiger partial charge on any atom is 0.138 e. The van der Waals surface area contributed by atoms with Crippen LogP contribution < -0.4 is 5.73 Å². The predicted octanol–water partition coefficient (Wildman–Crippen LogP) is 2.57. The highest BCUT2D eigenvalue weighted by atomic mass is 16.1. The molecule has 2 heteroatoms. The van der Waals surface area contributed by atoms with Gasteiger partial charge in [-0.25, -0.2) is 0 Å². The Bertz CT molecular complexity index is 226. The van der Waals surface area contributed by atoms with Crippen molar-refractivity contribution in [3.8, 4) is 0 Å². The molecule has 0 aromatic carbocycles. The molecule has 1 aliphatic carbocycles. The van der Waals surface area contributed by atoms with E-state index in [1.54, 1.807) is 0 Å². The molecule has 0 bridgehead atoms. The van der Waals surface area contributed by atoms with Crippen molar-refractivity contribution in [2.45, 2.75) is 57.4 Å². The van der Waals surface area contributed by atoms with Crippen LogP contribution in [-0.2, 0) is 4.79 Å². The van der Waals surface area contributed by atoms with E-state index in [0.29, 0.717) is 12.8 Å². The second-order valence-corrected chi connectivity index (χ2v) is 4.57. The van der Waals surface area contributed by atoms with E-state index < -0.39 is 0 Å². The van der Waals surface area contributed by atoms with E-state index >= 15 is 0 Å². The molecular weight excluding hydrogens is 174 g/mol. The maximum absolute atomic E-state index is 11.6. The van der Waals surface area contributed by atoms with Crippen LogP contribution in [0.1, 0.15) is 51.9 Å². The zero-order chi connectivity index (χ0) is 10.6. The summed E-state index contributed by atoms with van der Waals surface area (Å²) in [6.07, 6.45) is 6.34. The summed E-state index contributed by atoms with van der Waals surface area (Å²) in [6, 6.07) is 0. The molecule has 0 atom stereocenters. The summed E-state index contributed by atoms with van der Waals surface area (Å²) in [7, 11) is 0. The lowest BCUT2D eigenvalue weighted by Gasteiger charge is -2.22. The van der Waals surface area contributed by atoms with Gasteiger partial charge in [-0.15, -0.1) is 0 Å². The molecule has 0 aromatic heterocycles. The van der Waals surface area contributed by atoms with E-state index in [-0.39, 0.29) is 11.3 Å². The second-order valence-electron chi connectivity index (χ2n) is 4.57. The Balaban J connectivity index is 2.36. The molecule has 2 nitrogen and oxygen atoms in total. The van der Waals surface area contributed by atoms with Crippen LogP contribution >= 0.6 is 0 Å². The molecule has 0 amide bonds. The van der Waals surface area contributed by atoms with Crippen molar-refractivity contribution in [3.05, 3.63) is 12.2 Å². The number of rotatable bonds is 5. The fourth-order valence-corrected chi connectivity index (χ4v) is 2.11. The molecule has 2 N–H and O–H groups in total. The number of nitrogens with two attached hydrogens (primary N) is 1. The van der Waals surface area contributed by atoms with E-state index in [0.717, 1.165) is 24.8 Å². The SMILES string of the molecule is C=C(CC)CC(=O)CC1(N)CCCC1. The average molecular weight is 195 g/mol. The van der Waals surface area contributed by atoms with Crippen LogP contribution in [0.4, 0.5) is 0 Å². The summed E-state index contributed by atoms with van der Waals surface area (Å²) in [5, 5.41) is 0. The summed E-state index contributed by atoms with van der Waals surface area (Å²) >= 11 is 0. The minimum Gasteiger partial charge on any atom is -0.325 e. The van der Waals surface area contributed by atoms with Crippen molar-refractivity contribution >= 4 is 5.78 Å². The molecule has 0 aliphatic heterocycles. The third-order valence-electron chi connectivity index (χ3n) is 3.10. The molecule has 1 aliphatic rings. The molecule has 1 rings (SSSR count). The van der Waals surface area contributed by atoms with Gasteiger partial charge in [-0.1, -0.05) is 31.9 Å². The first-order chi connectivity index (χ1) is 6.56. The monoisotopic (exact) mass is 195 g/mol. The number of hydrogen-bond donors (Lipinski definition) is 1. The van der Waals surface area contributed by atoms with Gasteiger partial charge in [-0.2, -0.15) is 0 Å². The maximum atomic E-state index is 11.6. The lowest BCUT2D eigenvalue weighted by atomic mass is 9.90. The summed E-state index contributed by atoms with van der Waals surface area (Å²) in [5.41, 5.74) is 6.96. The zero-order valence-corrected chi connectivity index (χ0v) is 9.14. The van der Waals surface area contributed by atoms with Crippen LogP contribution in [0.15, 0.2) is 12.2 Å².